The molecule has 8 nitrogen and oxygen atoms in total. The van der Waals surface area contributed by atoms with E-state index in [0.717, 1.165) is 0 Å². The molecule has 122 valence electrons. The first-order valence-electron chi connectivity index (χ1n) is 7.50. The molecule has 0 atom stereocenters. The van der Waals surface area contributed by atoms with Gasteiger partial charge in [-0.3, -0.25) is 14.2 Å². The Bertz CT molecular complexity index is 856. The number of amides is 1. The predicted octanol–water partition coefficient (Wildman–Crippen LogP) is 1.61. The number of rotatable bonds is 4. The number of carbonyl (C=O) groups excluding carboxylic acids is 1. The third-order valence-electron chi connectivity index (χ3n) is 3.52. The molecular weight excluding hydrogens is 310 g/mol. The molecule has 8 heteroatoms. The second-order valence-corrected chi connectivity index (χ2v) is 5.24. The Labute approximate surface area is 137 Å². The van der Waals surface area contributed by atoms with E-state index in [-0.39, 0.29) is 5.91 Å². The van der Waals surface area contributed by atoms with Crippen LogP contribution in [0.25, 0.3) is 0 Å². The summed E-state index contributed by atoms with van der Waals surface area (Å²) in [6.45, 7) is 1.49. The standard InChI is InChI=1S/C16H15N5O3/c22-16(13-4-7-21(19-13)11-20-6-1-5-17-20)18-12-2-3-14-15(10-12)24-9-8-23-14/h1-7,10H,8-9,11H2,(H,18,22). The van der Waals surface area contributed by atoms with E-state index in [1.807, 2.05) is 12.3 Å². The second kappa shape index (κ2) is 6.07. The first-order valence-corrected chi connectivity index (χ1v) is 7.50. The summed E-state index contributed by atoms with van der Waals surface area (Å²) in [4.78, 5) is 12.3. The lowest BCUT2D eigenvalue weighted by Gasteiger charge is -2.18. The zero-order chi connectivity index (χ0) is 16.4. The SMILES string of the molecule is O=C(Nc1ccc2c(c1)OCCO2)c1ccn(Cn2cccn2)n1. The molecule has 1 N–H and O–H groups in total. The van der Waals surface area contributed by atoms with Crippen LogP contribution in [-0.4, -0.2) is 38.7 Å². The molecule has 0 saturated carbocycles. The summed E-state index contributed by atoms with van der Waals surface area (Å²) < 4.78 is 14.3. The molecule has 3 aromatic rings. The Morgan fingerprint density at radius 2 is 2.00 bits per heavy atom. The second-order valence-electron chi connectivity index (χ2n) is 5.24. The van der Waals surface area contributed by atoms with Gasteiger partial charge in [0.05, 0.1) is 0 Å². The van der Waals surface area contributed by atoms with Gasteiger partial charge in [0, 0.05) is 30.3 Å². The summed E-state index contributed by atoms with van der Waals surface area (Å²) in [7, 11) is 0. The fraction of sp³-hybridized carbons (Fsp3) is 0.188. The van der Waals surface area contributed by atoms with Gasteiger partial charge in [-0.25, -0.2) is 0 Å². The molecule has 1 aliphatic rings. The van der Waals surface area contributed by atoms with Crippen LogP contribution in [0.1, 0.15) is 10.5 Å². The largest absolute Gasteiger partial charge is 0.486 e. The van der Waals surface area contributed by atoms with E-state index >= 15 is 0 Å². The van der Waals surface area contributed by atoms with Gasteiger partial charge in [-0.1, -0.05) is 0 Å². The zero-order valence-electron chi connectivity index (χ0n) is 12.8. The molecule has 0 aliphatic carbocycles. The quantitative estimate of drug-likeness (QED) is 0.788. The number of aromatic nitrogens is 4. The molecule has 1 aromatic carbocycles. The Hall–Kier alpha value is -3.29. The van der Waals surface area contributed by atoms with Crippen molar-refractivity contribution < 1.29 is 14.3 Å². The lowest BCUT2D eigenvalue weighted by molar-refractivity contribution is 0.102. The molecule has 1 aliphatic heterocycles. The molecule has 0 saturated heterocycles. The molecule has 0 radical (unpaired) electrons. The number of anilines is 1. The first-order chi connectivity index (χ1) is 11.8. The van der Waals surface area contributed by atoms with Crippen molar-refractivity contribution in [1.82, 2.24) is 19.6 Å². The highest BCUT2D eigenvalue weighted by Gasteiger charge is 2.14. The number of hydrogen-bond acceptors (Lipinski definition) is 5. The molecule has 24 heavy (non-hydrogen) atoms. The monoisotopic (exact) mass is 325 g/mol. The van der Waals surface area contributed by atoms with E-state index in [1.165, 1.54) is 0 Å². The summed E-state index contributed by atoms with van der Waals surface area (Å²) in [5, 5.41) is 11.2. The van der Waals surface area contributed by atoms with E-state index in [4.69, 9.17) is 9.47 Å². The van der Waals surface area contributed by atoms with Crippen LogP contribution in [-0.2, 0) is 6.67 Å². The van der Waals surface area contributed by atoms with Gasteiger partial charge >= 0.3 is 0 Å². The van der Waals surface area contributed by atoms with E-state index in [2.05, 4.69) is 15.5 Å². The maximum atomic E-state index is 12.3. The topological polar surface area (TPSA) is 83.2 Å². The maximum absolute atomic E-state index is 12.3. The Balaban J connectivity index is 1.45. The van der Waals surface area contributed by atoms with Crippen molar-refractivity contribution in [3.05, 3.63) is 54.6 Å². The van der Waals surface area contributed by atoms with Crippen molar-refractivity contribution in [3.8, 4) is 11.5 Å². The maximum Gasteiger partial charge on any atom is 0.276 e. The van der Waals surface area contributed by atoms with E-state index in [1.54, 1.807) is 46.0 Å². The summed E-state index contributed by atoms with van der Waals surface area (Å²) in [5.41, 5.74) is 0.961. The molecule has 0 unspecified atom stereocenters. The third kappa shape index (κ3) is 2.94. The van der Waals surface area contributed by atoms with Gasteiger partial charge in [-0.05, 0) is 24.3 Å². The van der Waals surface area contributed by atoms with Crippen molar-refractivity contribution >= 4 is 11.6 Å². The number of nitrogens with zero attached hydrogens (tertiary/aromatic N) is 4. The van der Waals surface area contributed by atoms with Gasteiger partial charge in [-0.2, -0.15) is 10.2 Å². The van der Waals surface area contributed by atoms with Gasteiger partial charge in [0.1, 0.15) is 19.9 Å². The predicted molar refractivity (Wildman–Crippen MR) is 85.2 cm³/mol. The average molecular weight is 325 g/mol. The van der Waals surface area contributed by atoms with E-state index in [0.29, 0.717) is 42.8 Å². The van der Waals surface area contributed by atoms with E-state index in [9.17, 15) is 4.79 Å². The van der Waals surface area contributed by atoms with Crippen LogP contribution in [0.3, 0.4) is 0 Å². The number of carbonyl (C=O) groups is 1. The van der Waals surface area contributed by atoms with Crippen LogP contribution >= 0.6 is 0 Å². The highest BCUT2D eigenvalue weighted by atomic mass is 16.6. The highest BCUT2D eigenvalue weighted by Crippen LogP contribution is 2.32. The van der Waals surface area contributed by atoms with Crippen molar-refractivity contribution in [3.63, 3.8) is 0 Å². The summed E-state index contributed by atoms with van der Waals surface area (Å²) >= 11 is 0. The van der Waals surface area contributed by atoms with Crippen molar-refractivity contribution in [2.45, 2.75) is 6.67 Å². The minimum atomic E-state index is -0.286. The third-order valence-corrected chi connectivity index (χ3v) is 3.52. The molecular formula is C16H15N5O3. The minimum Gasteiger partial charge on any atom is -0.486 e. The summed E-state index contributed by atoms with van der Waals surface area (Å²) in [6.07, 6.45) is 5.26. The van der Waals surface area contributed by atoms with Gasteiger partial charge < -0.3 is 14.8 Å². The molecule has 0 spiro atoms. The Morgan fingerprint density at radius 1 is 1.12 bits per heavy atom. The van der Waals surface area contributed by atoms with Crippen LogP contribution in [0.15, 0.2) is 48.9 Å². The number of nitrogens with one attached hydrogen (secondary N) is 1. The number of hydrogen-bond donors (Lipinski definition) is 1. The molecule has 1 amide bonds. The molecule has 0 fully saturated rings. The summed E-state index contributed by atoms with van der Waals surface area (Å²) in [5.74, 6) is 1.02. The lowest BCUT2D eigenvalue weighted by atomic mass is 10.2. The molecule has 3 heterocycles. The normalized spacial score (nSPS) is 12.8. The van der Waals surface area contributed by atoms with Crippen molar-refractivity contribution in [2.24, 2.45) is 0 Å². The zero-order valence-corrected chi connectivity index (χ0v) is 12.8. The fourth-order valence-electron chi connectivity index (χ4n) is 2.41. The average Bonchev–Trinajstić information content (AvgIpc) is 3.27. The van der Waals surface area contributed by atoms with Crippen LogP contribution < -0.4 is 14.8 Å². The van der Waals surface area contributed by atoms with Crippen LogP contribution in [0.2, 0.25) is 0 Å². The fourth-order valence-corrected chi connectivity index (χ4v) is 2.41. The minimum absolute atomic E-state index is 0.286. The first kappa shape index (κ1) is 14.3. The summed E-state index contributed by atoms with van der Waals surface area (Å²) in [6, 6.07) is 8.79. The number of ether oxygens (including phenoxy) is 2. The van der Waals surface area contributed by atoms with E-state index < -0.39 is 0 Å². The smallest absolute Gasteiger partial charge is 0.276 e. The Morgan fingerprint density at radius 3 is 2.83 bits per heavy atom. The number of fused-ring (bicyclic) bond motifs is 1. The van der Waals surface area contributed by atoms with Gasteiger partial charge in [0.25, 0.3) is 5.91 Å². The molecule has 4 rings (SSSR count). The highest BCUT2D eigenvalue weighted by molar-refractivity contribution is 6.02. The number of benzene rings is 1. The lowest BCUT2D eigenvalue weighted by Crippen LogP contribution is -2.17. The van der Waals surface area contributed by atoms with Crippen molar-refractivity contribution in [2.75, 3.05) is 18.5 Å². The molecule has 2 aromatic heterocycles. The van der Waals surface area contributed by atoms with Crippen LogP contribution in [0.5, 0.6) is 11.5 Å². The molecule has 0 bridgehead atoms. The van der Waals surface area contributed by atoms with Crippen LogP contribution in [0, 0.1) is 0 Å². The van der Waals surface area contributed by atoms with Gasteiger partial charge in [-0.15, -0.1) is 0 Å². The van der Waals surface area contributed by atoms with Crippen molar-refractivity contribution in [1.29, 1.82) is 0 Å². The van der Waals surface area contributed by atoms with Gasteiger partial charge in [0.15, 0.2) is 17.2 Å². The Kier molecular flexibility index (Phi) is 3.62. The van der Waals surface area contributed by atoms with Crippen LogP contribution in [0.4, 0.5) is 5.69 Å². The van der Waals surface area contributed by atoms with Gasteiger partial charge in [0.2, 0.25) is 0 Å².